The standard InChI is InChI=1S/C18H20N2O3/c1-2-20-8-7-15(10-17(20)21)18(22)19-11-13-9-14-5-3-4-6-16(14)23-12-13/h3-8,10,13H,2,9,11-12H2,1H3,(H,19,22)/t13-/m1/s1. The molecule has 23 heavy (non-hydrogen) atoms. The van der Waals surface area contributed by atoms with Crippen molar-refractivity contribution in [1.29, 1.82) is 0 Å². The van der Waals surface area contributed by atoms with E-state index in [0.29, 0.717) is 25.3 Å². The number of hydrogen-bond donors (Lipinski definition) is 1. The number of benzene rings is 1. The largest absolute Gasteiger partial charge is 0.493 e. The summed E-state index contributed by atoms with van der Waals surface area (Å²) in [5.41, 5.74) is 1.41. The van der Waals surface area contributed by atoms with Crippen LogP contribution in [0.25, 0.3) is 0 Å². The minimum atomic E-state index is -0.218. The molecule has 1 aliphatic heterocycles. The number of aromatic nitrogens is 1. The van der Waals surface area contributed by atoms with Crippen molar-refractivity contribution in [1.82, 2.24) is 9.88 Å². The monoisotopic (exact) mass is 312 g/mol. The second-order valence-corrected chi connectivity index (χ2v) is 5.74. The summed E-state index contributed by atoms with van der Waals surface area (Å²) in [6, 6.07) is 11.0. The van der Waals surface area contributed by atoms with Gasteiger partial charge in [0.15, 0.2) is 0 Å². The lowest BCUT2D eigenvalue weighted by atomic mass is 9.96. The molecule has 0 bridgehead atoms. The Morgan fingerprint density at radius 1 is 1.35 bits per heavy atom. The van der Waals surface area contributed by atoms with Gasteiger partial charge in [0.2, 0.25) is 0 Å². The number of amides is 1. The maximum absolute atomic E-state index is 12.2. The number of aryl methyl sites for hydroxylation is 1. The molecule has 5 nitrogen and oxygen atoms in total. The van der Waals surface area contributed by atoms with Gasteiger partial charge in [-0.3, -0.25) is 9.59 Å². The number of fused-ring (bicyclic) bond motifs is 1. The molecule has 2 aromatic rings. The van der Waals surface area contributed by atoms with Crippen molar-refractivity contribution >= 4 is 5.91 Å². The molecule has 3 rings (SSSR count). The van der Waals surface area contributed by atoms with Gasteiger partial charge in [-0.2, -0.15) is 0 Å². The van der Waals surface area contributed by atoms with E-state index in [4.69, 9.17) is 4.74 Å². The Labute approximate surface area is 134 Å². The highest BCUT2D eigenvalue weighted by atomic mass is 16.5. The lowest BCUT2D eigenvalue weighted by molar-refractivity contribution is 0.0938. The van der Waals surface area contributed by atoms with E-state index in [2.05, 4.69) is 5.32 Å². The van der Waals surface area contributed by atoms with Gasteiger partial charge >= 0.3 is 0 Å². The fourth-order valence-electron chi connectivity index (χ4n) is 2.77. The molecule has 0 fully saturated rings. The zero-order valence-electron chi connectivity index (χ0n) is 13.1. The normalized spacial score (nSPS) is 16.3. The number of pyridine rings is 1. The molecule has 5 heteroatoms. The van der Waals surface area contributed by atoms with E-state index in [1.165, 1.54) is 11.6 Å². The Hall–Kier alpha value is -2.56. The SMILES string of the molecule is CCn1ccc(C(=O)NC[C@@H]2COc3ccccc3C2)cc1=O. The molecule has 0 aliphatic carbocycles. The van der Waals surface area contributed by atoms with E-state index in [-0.39, 0.29) is 17.4 Å². The Balaban J connectivity index is 1.60. The second kappa shape index (κ2) is 6.69. The zero-order chi connectivity index (χ0) is 16.2. The van der Waals surface area contributed by atoms with Crippen LogP contribution in [0.2, 0.25) is 0 Å². The molecule has 0 spiro atoms. The highest BCUT2D eigenvalue weighted by Gasteiger charge is 2.20. The Kier molecular flexibility index (Phi) is 4.46. The number of ether oxygens (including phenoxy) is 1. The lowest BCUT2D eigenvalue weighted by Crippen LogP contribution is -2.35. The summed E-state index contributed by atoms with van der Waals surface area (Å²) >= 11 is 0. The van der Waals surface area contributed by atoms with E-state index in [1.807, 2.05) is 31.2 Å². The predicted molar refractivity (Wildman–Crippen MR) is 87.8 cm³/mol. The van der Waals surface area contributed by atoms with Gasteiger partial charge in [0.25, 0.3) is 11.5 Å². The van der Waals surface area contributed by atoms with Crippen LogP contribution in [0.15, 0.2) is 47.4 Å². The first kappa shape index (κ1) is 15.3. The minimum Gasteiger partial charge on any atom is -0.493 e. The van der Waals surface area contributed by atoms with Gasteiger partial charge in [0.1, 0.15) is 5.75 Å². The van der Waals surface area contributed by atoms with Gasteiger partial charge in [0.05, 0.1) is 6.61 Å². The number of hydrogen-bond acceptors (Lipinski definition) is 3. The summed E-state index contributed by atoms with van der Waals surface area (Å²) in [5.74, 6) is 0.951. The van der Waals surface area contributed by atoms with E-state index in [9.17, 15) is 9.59 Å². The number of carbonyl (C=O) groups excluding carboxylic acids is 1. The molecule has 0 saturated heterocycles. The summed E-state index contributed by atoms with van der Waals surface area (Å²) < 4.78 is 7.28. The van der Waals surface area contributed by atoms with Crippen LogP contribution in [0.5, 0.6) is 5.75 Å². The third-order valence-corrected chi connectivity index (χ3v) is 4.11. The smallest absolute Gasteiger partial charge is 0.251 e. The van der Waals surface area contributed by atoms with Crippen molar-refractivity contribution in [2.24, 2.45) is 5.92 Å². The van der Waals surface area contributed by atoms with E-state index < -0.39 is 0 Å². The number of para-hydroxylation sites is 1. The summed E-state index contributed by atoms with van der Waals surface area (Å²) in [4.78, 5) is 24.0. The first-order chi connectivity index (χ1) is 11.2. The van der Waals surface area contributed by atoms with Gasteiger partial charge in [-0.05, 0) is 31.0 Å². The van der Waals surface area contributed by atoms with Crippen molar-refractivity contribution < 1.29 is 9.53 Å². The molecule has 2 heterocycles. The number of nitrogens with zero attached hydrogens (tertiary/aromatic N) is 1. The van der Waals surface area contributed by atoms with Crippen molar-refractivity contribution in [2.75, 3.05) is 13.2 Å². The highest BCUT2D eigenvalue weighted by molar-refractivity contribution is 5.93. The molecule has 0 unspecified atom stereocenters. The van der Waals surface area contributed by atoms with Gasteiger partial charge in [0, 0.05) is 36.8 Å². The maximum Gasteiger partial charge on any atom is 0.251 e. The predicted octanol–water partition coefficient (Wildman–Crippen LogP) is 1.85. The molecule has 1 amide bonds. The fourth-order valence-corrected chi connectivity index (χ4v) is 2.77. The van der Waals surface area contributed by atoms with E-state index in [0.717, 1.165) is 12.2 Å². The molecule has 120 valence electrons. The molecular formula is C18H20N2O3. The van der Waals surface area contributed by atoms with Crippen LogP contribution in [-0.4, -0.2) is 23.6 Å². The van der Waals surface area contributed by atoms with Gasteiger partial charge < -0.3 is 14.6 Å². The topological polar surface area (TPSA) is 60.3 Å². The lowest BCUT2D eigenvalue weighted by Gasteiger charge is -2.25. The summed E-state index contributed by atoms with van der Waals surface area (Å²) in [7, 11) is 0. The van der Waals surface area contributed by atoms with Crippen LogP contribution in [0.4, 0.5) is 0 Å². The molecule has 1 aromatic heterocycles. The van der Waals surface area contributed by atoms with Gasteiger partial charge in [-0.1, -0.05) is 18.2 Å². The third-order valence-electron chi connectivity index (χ3n) is 4.11. The molecule has 0 radical (unpaired) electrons. The Bertz CT molecular complexity index is 767. The summed E-state index contributed by atoms with van der Waals surface area (Å²) in [5, 5.41) is 2.90. The molecular weight excluding hydrogens is 292 g/mol. The van der Waals surface area contributed by atoms with Crippen LogP contribution in [-0.2, 0) is 13.0 Å². The van der Waals surface area contributed by atoms with E-state index >= 15 is 0 Å². The van der Waals surface area contributed by atoms with Crippen molar-refractivity contribution in [2.45, 2.75) is 19.9 Å². The van der Waals surface area contributed by atoms with Gasteiger partial charge in [-0.25, -0.2) is 0 Å². The number of carbonyl (C=O) groups is 1. The second-order valence-electron chi connectivity index (χ2n) is 5.74. The molecule has 1 aromatic carbocycles. The average Bonchev–Trinajstić information content (AvgIpc) is 2.59. The minimum absolute atomic E-state index is 0.157. The first-order valence-corrected chi connectivity index (χ1v) is 7.86. The highest BCUT2D eigenvalue weighted by Crippen LogP contribution is 2.26. The van der Waals surface area contributed by atoms with Crippen molar-refractivity contribution in [3.05, 3.63) is 64.1 Å². The maximum atomic E-state index is 12.2. The summed E-state index contributed by atoms with van der Waals surface area (Å²) in [6.07, 6.45) is 2.53. The Morgan fingerprint density at radius 2 is 2.17 bits per heavy atom. The van der Waals surface area contributed by atoms with Crippen LogP contribution in [0.3, 0.4) is 0 Å². The third kappa shape index (κ3) is 3.44. The summed E-state index contributed by atoms with van der Waals surface area (Å²) in [6.45, 7) is 3.61. The van der Waals surface area contributed by atoms with Crippen LogP contribution in [0.1, 0.15) is 22.8 Å². The number of rotatable bonds is 4. The molecule has 1 atom stereocenters. The van der Waals surface area contributed by atoms with Gasteiger partial charge in [-0.15, -0.1) is 0 Å². The molecule has 0 saturated carbocycles. The van der Waals surface area contributed by atoms with Crippen LogP contribution in [0, 0.1) is 5.92 Å². The number of nitrogens with one attached hydrogen (secondary N) is 1. The van der Waals surface area contributed by atoms with Crippen molar-refractivity contribution in [3.63, 3.8) is 0 Å². The van der Waals surface area contributed by atoms with Crippen molar-refractivity contribution in [3.8, 4) is 5.75 Å². The quantitative estimate of drug-likeness (QED) is 0.937. The first-order valence-electron chi connectivity index (χ1n) is 7.86. The Morgan fingerprint density at radius 3 is 2.96 bits per heavy atom. The molecule has 1 N–H and O–H groups in total. The van der Waals surface area contributed by atoms with Crippen LogP contribution >= 0.6 is 0 Å². The zero-order valence-corrected chi connectivity index (χ0v) is 13.1. The average molecular weight is 312 g/mol. The van der Waals surface area contributed by atoms with E-state index in [1.54, 1.807) is 16.8 Å². The fraction of sp³-hybridized carbons (Fsp3) is 0.333. The molecule has 1 aliphatic rings. The van der Waals surface area contributed by atoms with Crippen LogP contribution < -0.4 is 15.6 Å².